The van der Waals surface area contributed by atoms with Crippen LogP contribution in [0.5, 0.6) is 0 Å². The molecule has 9 rings (SSSR count). The molecule has 0 spiro atoms. The Labute approximate surface area is 247 Å². The summed E-state index contributed by atoms with van der Waals surface area (Å²) >= 11 is 0. The summed E-state index contributed by atoms with van der Waals surface area (Å²) in [6.45, 7) is 0. The van der Waals surface area contributed by atoms with Gasteiger partial charge >= 0.3 is 0 Å². The molecule has 0 aliphatic carbocycles. The number of rotatable bonds is 4. The van der Waals surface area contributed by atoms with Crippen molar-refractivity contribution in [2.45, 2.75) is 0 Å². The van der Waals surface area contributed by atoms with E-state index in [0.29, 0.717) is 17.5 Å². The lowest BCUT2D eigenvalue weighted by molar-refractivity contribution is 0.670. The highest BCUT2D eigenvalue weighted by molar-refractivity contribution is 6.34. The molecule has 0 bridgehead atoms. The second-order valence-electron chi connectivity index (χ2n) is 10.8. The van der Waals surface area contributed by atoms with Crippen LogP contribution in [0.3, 0.4) is 0 Å². The van der Waals surface area contributed by atoms with Crippen molar-refractivity contribution >= 4 is 43.5 Å². The molecule has 200 valence electrons. The zero-order valence-corrected chi connectivity index (χ0v) is 23.0. The second kappa shape index (κ2) is 9.33. The van der Waals surface area contributed by atoms with Crippen LogP contribution < -0.4 is 0 Å². The van der Waals surface area contributed by atoms with Crippen LogP contribution in [0.25, 0.3) is 88.8 Å². The third-order valence-corrected chi connectivity index (χ3v) is 8.28. The van der Waals surface area contributed by atoms with Gasteiger partial charge in [0.05, 0.1) is 0 Å². The van der Waals surface area contributed by atoms with Crippen molar-refractivity contribution < 1.29 is 4.42 Å². The molecular formula is C39H23N3O. The molecule has 0 amide bonds. The molecule has 7 aromatic carbocycles. The van der Waals surface area contributed by atoms with Gasteiger partial charge in [0.25, 0.3) is 0 Å². The van der Waals surface area contributed by atoms with Gasteiger partial charge in [-0.3, -0.25) is 0 Å². The van der Waals surface area contributed by atoms with Gasteiger partial charge in [-0.15, -0.1) is 0 Å². The summed E-state index contributed by atoms with van der Waals surface area (Å²) in [6.07, 6.45) is 0. The molecule has 0 atom stereocenters. The maximum Gasteiger partial charge on any atom is 0.164 e. The molecule has 4 heteroatoms. The number of hydrogen-bond acceptors (Lipinski definition) is 4. The molecule has 0 fully saturated rings. The monoisotopic (exact) mass is 549 g/mol. The number of fused-ring (bicyclic) bond motifs is 3. The number of nitrogens with zero attached hydrogens (tertiary/aromatic N) is 3. The highest BCUT2D eigenvalue weighted by atomic mass is 16.3. The van der Waals surface area contributed by atoms with E-state index in [-0.39, 0.29) is 0 Å². The van der Waals surface area contributed by atoms with Gasteiger partial charge in [0.15, 0.2) is 17.5 Å². The highest BCUT2D eigenvalue weighted by Crippen LogP contribution is 2.45. The SMILES string of the molecule is c1ccc(-c2nc(-c3ccccc3)nc(-c3cccc(-c4ccc5c6ccccc6c6cccc7oc4c5c76)c3)n2)cc1. The minimum atomic E-state index is 0.629. The Morgan fingerprint density at radius 2 is 0.884 bits per heavy atom. The van der Waals surface area contributed by atoms with Gasteiger partial charge in [-0.25, -0.2) is 15.0 Å². The van der Waals surface area contributed by atoms with Gasteiger partial charge in [-0.1, -0.05) is 121 Å². The Morgan fingerprint density at radius 1 is 0.372 bits per heavy atom. The Kier molecular flexibility index (Phi) is 5.16. The second-order valence-corrected chi connectivity index (χ2v) is 10.8. The lowest BCUT2D eigenvalue weighted by atomic mass is 9.92. The fraction of sp³-hybridized carbons (Fsp3) is 0. The molecule has 0 saturated carbocycles. The number of hydrogen-bond donors (Lipinski definition) is 0. The van der Waals surface area contributed by atoms with Crippen LogP contribution in [0.2, 0.25) is 0 Å². The van der Waals surface area contributed by atoms with Crippen molar-refractivity contribution in [1.29, 1.82) is 0 Å². The summed E-state index contributed by atoms with van der Waals surface area (Å²) in [5, 5.41) is 7.27. The Balaban J connectivity index is 1.26. The van der Waals surface area contributed by atoms with Crippen LogP contribution in [0.4, 0.5) is 0 Å². The molecule has 2 aromatic heterocycles. The zero-order chi connectivity index (χ0) is 28.3. The van der Waals surface area contributed by atoms with Gasteiger partial charge in [-0.2, -0.15) is 0 Å². The summed E-state index contributed by atoms with van der Waals surface area (Å²) in [5.41, 5.74) is 6.71. The molecule has 4 nitrogen and oxygen atoms in total. The fourth-order valence-corrected chi connectivity index (χ4v) is 6.31. The smallest absolute Gasteiger partial charge is 0.164 e. The molecule has 2 heterocycles. The Morgan fingerprint density at radius 3 is 1.56 bits per heavy atom. The van der Waals surface area contributed by atoms with Crippen molar-refractivity contribution in [3.8, 4) is 45.3 Å². The quantitative estimate of drug-likeness (QED) is 0.205. The lowest BCUT2D eigenvalue weighted by Crippen LogP contribution is -2.00. The van der Waals surface area contributed by atoms with Crippen molar-refractivity contribution in [3.05, 3.63) is 140 Å². The van der Waals surface area contributed by atoms with Crippen LogP contribution >= 0.6 is 0 Å². The summed E-state index contributed by atoms with van der Waals surface area (Å²) in [5.74, 6) is 1.92. The predicted molar refractivity (Wildman–Crippen MR) is 175 cm³/mol. The third-order valence-electron chi connectivity index (χ3n) is 8.28. The lowest BCUT2D eigenvalue weighted by Gasteiger charge is -2.11. The topological polar surface area (TPSA) is 51.8 Å². The van der Waals surface area contributed by atoms with Gasteiger partial charge in [0, 0.05) is 33.0 Å². The van der Waals surface area contributed by atoms with Crippen LogP contribution in [0, 0.1) is 0 Å². The van der Waals surface area contributed by atoms with Crippen molar-refractivity contribution in [1.82, 2.24) is 15.0 Å². The van der Waals surface area contributed by atoms with E-state index in [1.54, 1.807) is 0 Å². The zero-order valence-electron chi connectivity index (χ0n) is 23.0. The number of aromatic nitrogens is 3. The van der Waals surface area contributed by atoms with Gasteiger partial charge < -0.3 is 4.42 Å². The van der Waals surface area contributed by atoms with E-state index in [0.717, 1.165) is 39.0 Å². The Hall–Kier alpha value is -5.87. The first-order chi connectivity index (χ1) is 21.3. The minimum Gasteiger partial charge on any atom is -0.455 e. The van der Waals surface area contributed by atoms with E-state index < -0.39 is 0 Å². The van der Waals surface area contributed by atoms with Crippen molar-refractivity contribution in [2.24, 2.45) is 0 Å². The van der Waals surface area contributed by atoms with Gasteiger partial charge in [0.2, 0.25) is 0 Å². The average molecular weight is 550 g/mol. The fourth-order valence-electron chi connectivity index (χ4n) is 6.31. The summed E-state index contributed by atoms with van der Waals surface area (Å²) in [7, 11) is 0. The summed E-state index contributed by atoms with van der Waals surface area (Å²) in [4.78, 5) is 14.7. The van der Waals surface area contributed by atoms with Crippen molar-refractivity contribution in [2.75, 3.05) is 0 Å². The third kappa shape index (κ3) is 3.74. The van der Waals surface area contributed by atoms with E-state index in [1.807, 2.05) is 60.7 Å². The molecule has 0 aliphatic heterocycles. The normalized spacial score (nSPS) is 11.7. The number of benzene rings is 7. The first kappa shape index (κ1) is 23.8. The van der Waals surface area contributed by atoms with E-state index in [2.05, 4.69) is 78.9 Å². The maximum absolute atomic E-state index is 6.63. The molecule has 0 aliphatic rings. The van der Waals surface area contributed by atoms with Gasteiger partial charge in [-0.05, 0) is 45.3 Å². The highest BCUT2D eigenvalue weighted by Gasteiger charge is 2.20. The summed E-state index contributed by atoms with van der Waals surface area (Å²) in [6, 6.07) is 47.9. The van der Waals surface area contributed by atoms with Crippen LogP contribution in [-0.2, 0) is 0 Å². The molecule has 0 saturated heterocycles. The molecular weight excluding hydrogens is 526 g/mol. The standard InChI is InChI=1S/C39H23N3O/c1-3-11-24(12-4-1)37-40-38(25-13-5-2-6-14-25)42-39(41-37)27-16-9-15-26(23-27)28-21-22-32-30-18-8-7-17-29(30)31-19-10-20-33-34(31)35(32)36(28)43-33/h1-23H. The van der Waals surface area contributed by atoms with E-state index in [1.165, 1.54) is 32.3 Å². The Bertz CT molecular complexity index is 2390. The number of furan rings is 1. The van der Waals surface area contributed by atoms with Crippen LogP contribution in [0.1, 0.15) is 0 Å². The largest absolute Gasteiger partial charge is 0.455 e. The van der Waals surface area contributed by atoms with Crippen LogP contribution in [-0.4, -0.2) is 15.0 Å². The van der Waals surface area contributed by atoms with Crippen LogP contribution in [0.15, 0.2) is 144 Å². The minimum absolute atomic E-state index is 0.629. The molecule has 43 heavy (non-hydrogen) atoms. The van der Waals surface area contributed by atoms with E-state index >= 15 is 0 Å². The molecule has 0 N–H and O–H groups in total. The van der Waals surface area contributed by atoms with Gasteiger partial charge in [0.1, 0.15) is 11.2 Å². The van der Waals surface area contributed by atoms with Crippen molar-refractivity contribution in [3.63, 3.8) is 0 Å². The average Bonchev–Trinajstić information content (AvgIpc) is 3.49. The molecule has 0 unspecified atom stereocenters. The molecule has 9 aromatic rings. The molecule has 0 radical (unpaired) electrons. The first-order valence-electron chi connectivity index (χ1n) is 14.4. The summed E-state index contributed by atoms with van der Waals surface area (Å²) < 4.78 is 6.63. The predicted octanol–water partition coefficient (Wildman–Crippen LogP) is 10.2. The van der Waals surface area contributed by atoms with E-state index in [9.17, 15) is 0 Å². The van der Waals surface area contributed by atoms with E-state index in [4.69, 9.17) is 19.4 Å². The first-order valence-corrected chi connectivity index (χ1v) is 14.4. The maximum atomic E-state index is 6.63.